The Morgan fingerprint density at radius 3 is 2.72 bits per heavy atom. The van der Waals surface area contributed by atoms with Crippen LogP contribution in [0.1, 0.15) is 29.8 Å². The molecular formula is C12H14BrF2NO2. The highest BCUT2D eigenvalue weighted by Crippen LogP contribution is 2.28. The zero-order valence-corrected chi connectivity index (χ0v) is 11.3. The van der Waals surface area contributed by atoms with E-state index in [1.807, 2.05) is 0 Å². The molecule has 1 heterocycles. The fourth-order valence-electron chi connectivity index (χ4n) is 1.98. The lowest BCUT2D eigenvalue weighted by Gasteiger charge is -2.31. The summed E-state index contributed by atoms with van der Waals surface area (Å²) in [5.74, 6) is -0.0320. The highest BCUT2D eigenvalue weighted by Gasteiger charge is 2.28. The molecule has 100 valence electrons. The predicted molar refractivity (Wildman–Crippen MR) is 65.7 cm³/mol. The maximum Gasteiger partial charge on any atom is 0.290 e. The average molecular weight is 322 g/mol. The normalized spacial score (nSPS) is 15.8. The lowest BCUT2D eigenvalue weighted by atomic mass is 9.85. The molecule has 0 aromatic carbocycles. The molecule has 0 atom stereocenters. The minimum Gasteiger partial charge on any atom is -0.458 e. The first-order valence-electron chi connectivity index (χ1n) is 5.88. The molecule has 3 nitrogen and oxygen atoms in total. The molecule has 0 spiro atoms. The average Bonchev–Trinajstić information content (AvgIpc) is 2.66. The van der Waals surface area contributed by atoms with E-state index in [1.54, 1.807) is 6.07 Å². The van der Waals surface area contributed by atoms with Crippen molar-refractivity contribution in [2.75, 3.05) is 13.1 Å². The standard InChI is InChI=1S/C12H14BrF2NO2/c13-9-4-5-18-11(9)12(17)16(7-10(14)15)6-8-2-1-3-8/h4-5,8,10H,1-3,6-7H2. The molecule has 1 aromatic rings. The Morgan fingerprint density at radius 1 is 1.56 bits per heavy atom. The van der Waals surface area contributed by atoms with Crippen molar-refractivity contribution >= 4 is 21.8 Å². The van der Waals surface area contributed by atoms with E-state index in [0.717, 1.165) is 19.3 Å². The Morgan fingerprint density at radius 2 is 2.28 bits per heavy atom. The van der Waals surface area contributed by atoms with Crippen LogP contribution in [0.2, 0.25) is 0 Å². The van der Waals surface area contributed by atoms with Crippen molar-refractivity contribution in [1.82, 2.24) is 4.90 Å². The maximum absolute atomic E-state index is 12.5. The lowest BCUT2D eigenvalue weighted by Crippen LogP contribution is -2.40. The summed E-state index contributed by atoms with van der Waals surface area (Å²) in [5, 5.41) is 0. The number of carbonyl (C=O) groups excluding carboxylic acids is 1. The number of alkyl halides is 2. The third kappa shape index (κ3) is 3.10. The molecule has 1 aromatic heterocycles. The van der Waals surface area contributed by atoms with Gasteiger partial charge in [-0.3, -0.25) is 4.79 Å². The van der Waals surface area contributed by atoms with Gasteiger partial charge >= 0.3 is 0 Å². The molecule has 1 aliphatic rings. The van der Waals surface area contributed by atoms with Crippen LogP contribution >= 0.6 is 15.9 Å². The van der Waals surface area contributed by atoms with Gasteiger partial charge in [-0.05, 0) is 40.8 Å². The summed E-state index contributed by atoms with van der Waals surface area (Å²) in [6.07, 6.45) is 1.97. The molecule has 0 aliphatic heterocycles. The van der Waals surface area contributed by atoms with E-state index < -0.39 is 18.9 Å². The third-order valence-electron chi connectivity index (χ3n) is 3.16. The number of hydrogen-bond acceptors (Lipinski definition) is 2. The fraction of sp³-hybridized carbons (Fsp3) is 0.583. The molecule has 0 saturated heterocycles. The highest BCUT2D eigenvalue weighted by atomic mass is 79.9. The highest BCUT2D eigenvalue weighted by molar-refractivity contribution is 9.10. The summed E-state index contributed by atoms with van der Waals surface area (Å²) in [6.45, 7) is -0.154. The lowest BCUT2D eigenvalue weighted by molar-refractivity contribution is 0.0443. The van der Waals surface area contributed by atoms with E-state index in [4.69, 9.17) is 4.42 Å². The van der Waals surface area contributed by atoms with Crippen molar-refractivity contribution in [3.8, 4) is 0 Å². The van der Waals surface area contributed by atoms with E-state index in [0.29, 0.717) is 16.9 Å². The first kappa shape index (κ1) is 13.5. The molecule has 0 unspecified atom stereocenters. The van der Waals surface area contributed by atoms with Crippen LogP contribution in [0.15, 0.2) is 21.2 Å². The van der Waals surface area contributed by atoms with Gasteiger partial charge in [0.05, 0.1) is 17.3 Å². The van der Waals surface area contributed by atoms with Crippen LogP contribution in [0, 0.1) is 5.92 Å². The van der Waals surface area contributed by atoms with Crippen molar-refractivity contribution in [2.45, 2.75) is 25.7 Å². The van der Waals surface area contributed by atoms with Crippen molar-refractivity contribution in [1.29, 1.82) is 0 Å². The summed E-state index contributed by atoms with van der Waals surface area (Å²) in [4.78, 5) is 13.3. The smallest absolute Gasteiger partial charge is 0.290 e. The van der Waals surface area contributed by atoms with Gasteiger partial charge in [-0.15, -0.1) is 0 Å². The van der Waals surface area contributed by atoms with E-state index in [9.17, 15) is 13.6 Å². The van der Waals surface area contributed by atoms with E-state index in [1.165, 1.54) is 11.2 Å². The largest absolute Gasteiger partial charge is 0.458 e. The number of carbonyl (C=O) groups is 1. The maximum atomic E-state index is 12.5. The topological polar surface area (TPSA) is 33.5 Å². The van der Waals surface area contributed by atoms with Crippen molar-refractivity contribution in [3.63, 3.8) is 0 Å². The molecule has 18 heavy (non-hydrogen) atoms. The minimum atomic E-state index is -2.53. The number of halogens is 3. The predicted octanol–water partition coefficient (Wildman–Crippen LogP) is 3.55. The zero-order chi connectivity index (χ0) is 13.1. The Bertz CT molecular complexity index is 418. The van der Waals surface area contributed by atoms with Crippen molar-refractivity contribution < 1.29 is 18.0 Å². The molecule has 1 amide bonds. The quantitative estimate of drug-likeness (QED) is 0.831. The van der Waals surface area contributed by atoms with Gasteiger partial charge in [0, 0.05) is 6.54 Å². The van der Waals surface area contributed by atoms with Gasteiger partial charge in [-0.25, -0.2) is 8.78 Å². The zero-order valence-electron chi connectivity index (χ0n) is 9.74. The Hall–Kier alpha value is -0.910. The molecule has 1 saturated carbocycles. The summed E-state index contributed by atoms with van der Waals surface area (Å²) in [7, 11) is 0. The number of hydrogen-bond donors (Lipinski definition) is 0. The van der Waals surface area contributed by atoms with Gasteiger partial charge < -0.3 is 9.32 Å². The van der Waals surface area contributed by atoms with Crippen molar-refractivity contribution in [2.24, 2.45) is 5.92 Å². The van der Waals surface area contributed by atoms with Gasteiger partial charge in [-0.2, -0.15) is 0 Å². The first-order valence-corrected chi connectivity index (χ1v) is 6.67. The van der Waals surface area contributed by atoms with Crippen LogP contribution in [0.3, 0.4) is 0 Å². The van der Waals surface area contributed by atoms with Crippen LogP contribution in [-0.4, -0.2) is 30.3 Å². The molecule has 0 bridgehead atoms. The van der Waals surface area contributed by atoms with Crippen LogP contribution < -0.4 is 0 Å². The molecule has 0 N–H and O–H groups in total. The second-order valence-electron chi connectivity index (χ2n) is 4.50. The van der Waals surface area contributed by atoms with E-state index >= 15 is 0 Å². The van der Waals surface area contributed by atoms with Gasteiger partial charge in [0.2, 0.25) is 5.76 Å². The summed E-state index contributed by atoms with van der Waals surface area (Å²) in [6, 6.07) is 1.58. The SMILES string of the molecule is O=C(c1occc1Br)N(CC(F)F)CC1CCC1. The molecular weight excluding hydrogens is 308 g/mol. The fourth-order valence-corrected chi connectivity index (χ4v) is 2.35. The Balaban J connectivity index is 2.06. The third-order valence-corrected chi connectivity index (χ3v) is 3.78. The monoisotopic (exact) mass is 321 g/mol. The first-order chi connectivity index (χ1) is 8.58. The van der Waals surface area contributed by atoms with Crippen LogP contribution in [0.4, 0.5) is 8.78 Å². The second-order valence-corrected chi connectivity index (χ2v) is 5.35. The van der Waals surface area contributed by atoms with E-state index in [2.05, 4.69) is 15.9 Å². The summed E-state index contributed by atoms with van der Waals surface area (Å²) >= 11 is 3.17. The van der Waals surface area contributed by atoms with Gasteiger partial charge in [0.15, 0.2) is 0 Å². The number of amides is 1. The summed E-state index contributed by atoms with van der Waals surface area (Å²) in [5.41, 5.74) is 0. The van der Waals surface area contributed by atoms with Crippen LogP contribution in [-0.2, 0) is 0 Å². The molecule has 1 fully saturated rings. The molecule has 2 rings (SSSR count). The van der Waals surface area contributed by atoms with Crippen molar-refractivity contribution in [3.05, 3.63) is 22.6 Å². The molecule has 0 radical (unpaired) electrons. The van der Waals surface area contributed by atoms with Gasteiger partial charge in [0.1, 0.15) is 0 Å². The van der Waals surface area contributed by atoms with Crippen LogP contribution in [0.5, 0.6) is 0 Å². The number of nitrogens with zero attached hydrogens (tertiary/aromatic N) is 1. The van der Waals surface area contributed by atoms with Crippen LogP contribution in [0.25, 0.3) is 0 Å². The number of rotatable bonds is 5. The van der Waals surface area contributed by atoms with Gasteiger partial charge in [0.25, 0.3) is 12.3 Å². The minimum absolute atomic E-state index is 0.0926. The molecule has 1 aliphatic carbocycles. The van der Waals surface area contributed by atoms with Gasteiger partial charge in [-0.1, -0.05) is 6.42 Å². The number of furan rings is 1. The second kappa shape index (κ2) is 5.82. The Kier molecular flexibility index (Phi) is 4.37. The summed E-state index contributed by atoms with van der Waals surface area (Å²) < 4.78 is 30.6. The van der Waals surface area contributed by atoms with E-state index in [-0.39, 0.29) is 5.76 Å². The molecule has 6 heteroatoms. The Labute approximate surface area is 112 Å².